The van der Waals surface area contributed by atoms with E-state index in [4.69, 9.17) is 0 Å². The van der Waals surface area contributed by atoms with Gasteiger partial charge in [-0.3, -0.25) is 0 Å². The van der Waals surface area contributed by atoms with Crippen molar-refractivity contribution < 1.29 is 0 Å². The highest BCUT2D eigenvalue weighted by molar-refractivity contribution is 9.11. The average Bonchev–Trinajstić information content (AvgIpc) is 2.49. The minimum atomic E-state index is 1.07. The fraction of sp³-hybridized carbons (Fsp3) is 0.0909. The first kappa shape index (κ1) is 9.99. The van der Waals surface area contributed by atoms with Gasteiger partial charge in [-0.25, -0.2) is 0 Å². The van der Waals surface area contributed by atoms with Crippen molar-refractivity contribution in [3.05, 3.63) is 45.5 Å². The zero-order chi connectivity index (χ0) is 10.1. The van der Waals surface area contributed by atoms with Gasteiger partial charge in [-0.1, -0.05) is 31.9 Å². The van der Waals surface area contributed by atoms with Gasteiger partial charge < -0.3 is 4.57 Å². The number of hydrogen-bond acceptors (Lipinski definition) is 0. The third kappa shape index (κ3) is 1.93. The maximum absolute atomic E-state index is 3.47. The van der Waals surface area contributed by atoms with E-state index in [0.717, 1.165) is 14.6 Å². The number of halogens is 2. The van der Waals surface area contributed by atoms with Crippen molar-refractivity contribution in [3.8, 4) is 11.3 Å². The molecule has 0 aliphatic heterocycles. The summed E-state index contributed by atoms with van der Waals surface area (Å²) in [7, 11) is 1.99. The first-order valence-corrected chi connectivity index (χ1v) is 5.75. The number of hydrogen-bond donors (Lipinski definition) is 0. The van der Waals surface area contributed by atoms with E-state index in [9.17, 15) is 0 Å². The summed E-state index contributed by atoms with van der Waals surface area (Å²) in [6.45, 7) is 0. The molecule has 0 aliphatic rings. The first-order chi connectivity index (χ1) is 6.66. The van der Waals surface area contributed by atoms with Crippen molar-refractivity contribution in [1.82, 2.24) is 4.57 Å². The lowest BCUT2D eigenvalue weighted by molar-refractivity contribution is 0.928. The average molecular weight is 314 g/mol. The molecule has 0 atom stereocenters. The molecule has 2 aromatic rings. The molecule has 0 N–H and O–H groups in total. The van der Waals surface area contributed by atoms with E-state index >= 15 is 0 Å². The molecule has 1 heterocycles. The topological polar surface area (TPSA) is 4.93 Å². The van der Waals surface area contributed by atoms with Gasteiger partial charge in [-0.2, -0.15) is 0 Å². The minimum absolute atomic E-state index is 1.07. The predicted molar refractivity (Wildman–Crippen MR) is 65.1 cm³/mol. The Balaban J connectivity index is 2.57. The monoisotopic (exact) mass is 312 g/mol. The van der Waals surface area contributed by atoms with E-state index in [-0.39, 0.29) is 0 Å². The summed E-state index contributed by atoms with van der Waals surface area (Å²) in [5.74, 6) is 0. The van der Waals surface area contributed by atoms with Crippen LogP contribution in [0.2, 0.25) is 0 Å². The second-order valence-electron chi connectivity index (χ2n) is 3.06. The fourth-order valence-corrected chi connectivity index (χ4v) is 2.69. The highest BCUT2D eigenvalue weighted by Crippen LogP contribution is 2.27. The Hall–Kier alpha value is -0.540. The van der Waals surface area contributed by atoms with Crippen LogP contribution in [-0.4, -0.2) is 4.57 Å². The Morgan fingerprint density at radius 3 is 2.29 bits per heavy atom. The van der Waals surface area contributed by atoms with Crippen LogP contribution in [0.1, 0.15) is 0 Å². The van der Waals surface area contributed by atoms with Gasteiger partial charge in [-0.05, 0) is 30.3 Å². The normalized spacial score (nSPS) is 10.5. The molecule has 3 heteroatoms. The van der Waals surface area contributed by atoms with Crippen molar-refractivity contribution in [2.24, 2.45) is 7.05 Å². The van der Waals surface area contributed by atoms with Gasteiger partial charge in [0.05, 0.1) is 6.20 Å². The largest absolute Gasteiger partial charge is 0.342 e. The molecule has 1 radical (unpaired) electrons. The van der Waals surface area contributed by atoms with Crippen LogP contribution in [0.15, 0.2) is 39.3 Å². The van der Waals surface area contributed by atoms with Crippen molar-refractivity contribution in [2.45, 2.75) is 0 Å². The summed E-state index contributed by atoms with van der Waals surface area (Å²) in [5, 5.41) is 0. The van der Waals surface area contributed by atoms with Gasteiger partial charge in [0.15, 0.2) is 0 Å². The summed E-state index contributed by atoms with van der Waals surface area (Å²) in [5.41, 5.74) is 2.34. The molecule has 0 saturated heterocycles. The standard InChI is InChI=1S/C11H8Br2N/c1-14-4-2-3-11(14)8-5-9(12)7-10(13)6-8/h2-3,5-7H,1H3. The maximum Gasteiger partial charge on any atom is 0.0650 e. The SMILES string of the molecule is Cn1[c]ccc1-c1cc(Br)cc(Br)c1. The van der Waals surface area contributed by atoms with E-state index in [1.54, 1.807) is 0 Å². The second kappa shape index (κ2) is 3.91. The molecule has 1 nitrogen and oxygen atoms in total. The Morgan fingerprint density at radius 1 is 1.14 bits per heavy atom. The summed E-state index contributed by atoms with van der Waals surface area (Å²) >= 11 is 6.95. The molecule has 2 rings (SSSR count). The highest BCUT2D eigenvalue weighted by Gasteiger charge is 2.03. The number of nitrogens with zero attached hydrogens (tertiary/aromatic N) is 1. The van der Waals surface area contributed by atoms with E-state index in [1.807, 2.05) is 29.8 Å². The molecule has 0 fully saturated rings. The van der Waals surface area contributed by atoms with Gasteiger partial charge in [-0.15, -0.1) is 0 Å². The lowest BCUT2D eigenvalue weighted by atomic mass is 10.1. The summed E-state index contributed by atoms with van der Waals surface area (Å²) < 4.78 is 4.12. The molecule has 1 aromatic carbocycles. The van der Waals surface area contributed by atoms with Gasteiger partial charge >= 0.3 is 0 Å². The zero-order valence-electron chi connectivity index (χ0n) is 7.59. The molecule has 0 bridgehead atoms. The lowest BCUT2D eigenvalue weighted by Crippen LogP contribution is -1.89. The van der Waals surface area contributed by atoms with Crippen LogP contribution in [0.25, 0.3) is 11.3 Å². The summed E-state index contributed by atoms with van der Waals surface area (Å²) in [4.78, 5) is 0. The summed E-state index contributed by atoms with van der Waals surface area (Å²) in [6.07, 6.45) is 3.09. The molecular formula is C11H8Br2N. The van der Waals surface area contributed by atoms with E-state index in [1.165, 1.54) is 5.56 Å². The van der Waals surface area contributed by atoms with Crippen molar-refractivity contribution in [1.29, 1.82) is 0 Å². The number of aromatic nitrogens is 1. The molecular weight excluding hydrogens is 306 g/mol. The Labute approximate surface area is 100 Å². The van der Waals surface area contributed by atoms with E-state index in [0.29, 0.717) is 0 Å². The second-order valence-corrected chi connectivity index (χ2v) is 4.90. The molecule has 0 saturated carbocycles. The van der Waals surface area contributed by atoms with Crippen LogP contribution < -0.4 is 0 Å². The van der Waals surface area contributed by atoms with Crippen LogP contribution >= 0.6 is 31.9 Å². The lowest BCUT2D eigenvalue weighted by Gasteiger charge is -2.04. The molecule has 0 amide bonds. The van der Waals surface area contributed by atoms with Crippen molar-refractivity contribution in [2.75, 3.05) is 0 Å². The molecule has 0 spiro atoms. The quantitative estimate of drug-likeness (QED) is 0.749. The minimum Gasteiger partial charge on any atom is -0.342 e. The number of rotatable bonds is 1. The number of benzene rings is 1. The Bertz CT molecular complexity index is 440. The molecule has 0 aliphatic carbocycles. The van der Waals surface area contributed by atoms with Crippen LogP contribution in [-0.2, 0) is 7.05 Å². The molecule has 0 unspecified atom stereocenters. The predicted octanol–water partition coefficient (Wildman–Crippen LogP) is 4.02. The number of aryl methyl sites for hydroxylation is 1. The Kier molecular flexibility index (Phi) is 2.79. The smallest absolute Gasteiger partial charge is 0.0650 e. The van der Waals surface area contributed by atoms with Crippen LogP contribution in [0, 0.1) is 6.20 Å². The van der Waals surface area contributed by atoms with Gasteiger partial charge in [0.1, 0.15) is 0 Å². The molecule has 14 heavy (non-hydrogen) atoms. The van der Waals surface area contributed by atoms with Gasteiger partial charge in [0.2, 0.25) is 0 Å². The van der Waals surface area contributed by atoms with Gasteiger partial charge in [0, 0.05) is 27.3 Å². The zero-order valence-corrected chi connectivity index (χ0v) is 10.8. The van der Waals surface area contributed by atoms with Crippen molar-refractivity contribution in [3.63, 3.8) is 0 Å². The molecule has 1 aromatic heterocycles. The Morgan fingerprint density at radius 2 is 1.79 bits per heavy atom. The van der Waals surface area contributed by atoms with Crippen molar-refractivity contribution >= 4 is 31.9 Å². The van der Waals surface area contributed by atoms with Crippen LogP contribution in [0.4, 0.5) is 0 Å². The van der Waals surface area contributed by atoms with Gasteiger partial charge in [0.25, 0.3) is 0 Å². The maximum atomic E-state index is 3.47. The summed E-state index contributed by atoms with van der Waals surface area (Å²) in [6, 6.07) is 10.2. The third-order valence-electron chi connectivity index (χ3n) is 2.03. The first-order valence-electron chi connectivity index (χ1n) is 4.17. The molecule has 71 valence electrons. The van der Waals surface area contributed by atoms with E-state index in [2.05, 4.69) is 50.2 Å². The highest BCUT2D eigenvalue weighted by atomic mass is 79.9. The van der Waals surface area contributed by atoms with Crippen LogP contribution in [0.5, 0.6) is 0 Å². The van der Waals surface area contributed by atoms with E-state index < -0.39 is 0 Å². The third-order valence-corrected chi connectivity index (χ3v) is 2.94. The van der Waals surface area contributed by atoms with Crippen LogP contribution in [0.3, 0.4) is 0 Å². The fourth-order valence-electron chi connectivity index (χ4n) is 1.40.